The van der Waals surface area contributed by atoms with Crippen LogP contribution in [-0.4, -0.2) is 16.8 Å². The number of nitrogens with one attached hydrogen (secondary N) is 1. The summed E-state index contributed by atoms with van der Waals surface area (Å²) in [7, 11) is 0. The summed E-state index contributed by atoms with van der Waals surface area (Å²) in [5.41, 5.74) is 1.24. The zero-order chi connectivity index (χ0) is 11.2. The van der Waals surface area contributed by atoms with Gasteiger partial charge in [-0.25, -0.2) is 4.98 Å². The summed E-state index contributed by atoms with van der Waals surface area (Å²) in [5, 5.41) is 15.0. The highest BCUT2D eigenvalue weighted by Gasteiger charge is 2.13. The average molecular weight is 234 g/mol. The molecule has 0 amide bonds. The number of aromatic nitrogens is 1. The molecule has 0 aliphatic carbocycles. The molecule has 0 spiro atoms. The van der Waals surface area contributed by atoms with Gasteiger partial charge in [-0.2, -0.15) is 0 Å². The third-order valence-corrected chi connectivity index (χ3v) is 3.26. The van der Waals surface area contributed by atoms with Gasteiger partial charge in [0, 0.05) is 11.6 Å². The van der Waals surface area contributed by atoms with Gasteiger partial charge in [-0.15, -0.1) is 11.3 Å². The first kappa shape index (κ1) is 11.3. The van der Waals surface area contributed by atoms with Crippen molar-refractivity contribution in [3.63, 3.8) is 0 Å². The Bertz CT molecular complexity index is 402. The van der Waals surface area contributed by atoms with Gasteiger partial charge in [-0.3, -0.25) is 5.32 Å². The zero-order valence-electron chi connectivity index (χ0n) is 8.84. The Morgan fingerprint density at radius 2 is 2.12 bits per heavy atom. The number of aliphatic hydroxyl groups excluding tert-OH is 1. The second-order valence-electron chi connectivity index (χ2n) is 3.47. The minimum absolute atomic E-state index is 0.0307. The average Bonchev–Trinajstić information content (AvgIpc) is 2.83. The quantitative estimate of drug-likeness (QED) is 0.777. The van der Waals surface area contributed by atoms with Gasteiger partial charge in [0.05, 0.1) is 12.8 Å². The molecule has 2 rings (SSSR count). The minimum Gasteiger partial charge on any atom is -0.381 e. The van der Waals surface area contributed by atoms with E-state index < -0.39 is 0 Å². The molecular formula is C12H14N2OS. The van der Waals surface area contributed by atoms with E-state index in [0.29, 0.717) is 0 Å². The maximum atomic E-state index is 8.98. The molecule has 0 bridgehead atoms. The van der Waals surface area contributed by atoms with Crippen LogP contribution in [0.3, 0.4) is 0 Å². The van der Waals surface area contributed by atoms with Gasteiger partial charge < -0.3 is 5.11 Å². The van der Waals surface area contributed by atoms with Crippen LogP contribution in [0.4, 0.5) is 0 Å². The molecular weight excluding hydrogens is 220 g/mol. The Kier molecular flexibility index (Phi) is 4.04. The van der Waals surface area contributed by atoms with Crippen molar-refractivity contribution >= 4 is 11.3 Å². The van der Waals surface area contributed by atoms with Crippen LogP contribution in [0.15, 0.2) is 41.9 Å². The highest BCUT2D eigenvalue weighted by Crippen LogP contribution is 2.20. The van der Waals surface area contributed by atoms with Gasteiger partial charge in [0.1, 0.15) is 5.01 Å². The smallest absolute Gasteiger partial charge is 0.110 e. The normalized spacial score (nSPS) is 12.6. The van der Waals surface area contributed by atoms with E-state index in [4.69, 9.17) is 5.11 Å². The predicted octanol–water partition coefficient (Wildman–Crippen LogP) is 1.97. The van der Waals surface area contributed by atoms with Crippen LogP contribution in [0.2, 0.25) is 0 Å². The number of hydrogen-bond acceptors (Lipinski definition) is 4. The first-order chi connectivity index (χ1) is 7.90. The van der Waals surface area contributed by atoms with Gasteiger partial charge in [-0.05, 0) is 12.0 Å². The Balaban J connectivity index is 2.09. The lowest BCUT2D eigenvalue weighted by molar-refractivity contribution is 0.240. The number of nitrogens with zero attached hydrogens (tertiary/aromatic N) is 1. The molecule has 2 aromatic rings. The molecule has 1 heterocycles. The fourth-order valence-electron chi connectivity index (χ4n) is 1.61. The second kappa shape index (κ2) is 5.75. The lowest BCUT2D eigenvalue weighted by Gasteiger charge is -2.14. The van der Waals surface area contributed by atoms with Crippen molar-refractivity contribution in [2.75, 3.05) is 6.73 Å². The molecule has 1 aromatic carbocycles. The van der Waals surface area contributed by atoms with Crippen molar-refractivity contribution in [2.45, 2.75) is 12.5 Å². The molecule has 0 saturated carbocycles. The lowest BCUT2D eigenvalue weighted by Crippen LogP contribution is -2.24. The molecule has 1 aromatic heterocycles. The number of thiazole rings is 1. The summed E-state index contributed by atoms with van der Waals surface area (Å²) in [5.74, 6) is 0. The standard InChI is InChI=1S/C12H14N2OS/c15-9-14-11(12-13-6-7-16-12)8-10-4-2-1-3-5-10/h1-7,11,14-15H,8-9H2/t11-/m0/s1. The van der Waals surface area contributed by atoms with E-state index >= 15 is 0 Å². The van der Waals surface area contributed by atoms with Crippen molar-refractivity contribution in [2.24, 2.45) is 0 Å². The summed E-state index contributed by atoms with van der Waals surface area (Å²) in [4.78, 5) is 4.28. The number of rotatable bonds is 5. The SMILES string of the molecule is OCN[C@@H](Cc1ccccc1)c1nccs1. The van der Waals surface area contributed by atoms with E-state index in [1.54, 1.807) is 17.5 Å². The van der Waals surface area contributed by atoms with Gasteiger partial charge in [0.2, 0.25) is 0 Å². The lowest BCUT2D eigenvalue weighted by atomic mass is 10.1. The summed E-state index contributed by atoms with van der Waals surface area (Å²) >= 11 is 1.61. The third-order valence-electron chi connectivity index (χ3n) is 2.37. The van der Waals surface area contributed by atoms with Crippen LogP contribution >= 0.6 is 11.3 Å². The topological polar surface area (TPSA) is 45.1 Å². The van der Waals surface area contributed by atoms with Gasteiger partial charge >= 0.3 is 0 Å². The van der Waals surface area contributed by atoms with Crippen LogP contribution < -0.4 is 5.32 Å². The number of aliphatic hydroxyl groups is 1. The third kappa shape index (κ3) is 2.88. The maximum absolute atomic E-state index is 8.98. The highest BCUT2D eigenvalue weighted by atomic mass is 32.1. The molecule has 3 nitrogen and oxygen atoms in total. The number of benzene rings is 1. The molecule has 2 N–H and O–H groups in total. The first-order valence-corrected chi connectivity index (χ1v) is 6.05. The van der Waals surface area contributed by atoms with Gasteiger partial charge in [-0.1, -0.05) is 30.3 Å². The highest BCUT2D eigenvalue weighted by molar-refractivity contribution is 7.09. The Morgan fingerprint density at radius 1 is 1.31 bits per heavy atom. The molecule has 4 heteroatoms. The van der Waals surface area contributed by atoms with E-state index in [9.17, 15) is 0 Å². The Hall–Kier alpha value is -1.23. The van der Waals surface area contributed by atoms with Crippen LogP contribution in [-0.2, 0) is 6.42 Å². The first-order valence-electron chi connectivity index (χ1n) is 5.17. The summed E-state index contributed by atoms with van der Waals surface area (Å²) in [6.45, 7) is -0.0307. The van der Waals surface area contributed by atoms with E-state index in [-0.39, 0.29) is 12.8 Å². The molecule has 84 valence electrons. The van der Waals surface area contributed by atoms with Crippen LogP contribution in [0.25, 0.3) is 0 Å². The second-order valence-corrected chi connectivity index (χ2v) is 4.40. The molecule has 0 unspecified atom stereocenters. The molecule has 0 aliphatic rings. The summed E-state index contributed by atoms with van der Waals surface area (Å²) in [6.07, 6.45) is 2.63. The fourth-order valence-corrected chi connectivity index (χ4v) is 2.33. The van der Waals surface area contributed by atoms with Crippen molar-refractivity contribution in [3.8, 4) is 0 Å². The van der Waals surface area contributed by atoms with E-state index in [0.717, 1.165) is 11.4 Å². The molecule has 1 atom stereocenters. The van der Waals surface area contributed by atoms with E-state index in [2.05, 4.69) is 22.4 Å². The molecule has 0 radical (unpaired) electrons. The Morgan fingerprint density at radius 3 is 2.75 bits per heavy atom. The predicted molar refractivity (Wildman–Crippen MR) is 65.2 cm³/mol. The molecule has 16 heavy (non-hydrogen) atoms. The minimum atomic E-state index is -0.0307. The summed E-state index contributed by atoms with van der Waals surface area (Å²) < 4.78 is 0. The van der Waals surface area contributed by atoms with Crippen LogP contribution in [0.1, 0.15) is 16.6 Å². The molecule has 0 aliphatic heterocycles. The molecule has 0 saturated heterocycles. The van der Waals surface area contributed by atoms with E-state index in [1.807, 2.05) is 23.6 Å². The molecule has 0 fully saturated rings. The monoisotopic (exact) mass is 234 g/mol. The van der Waals surface area contributed by atoms with Gasteiger partial charge in [0.25, 0.3) is 0 Å². The van der Waals surface area contributed by atoms with Crippen LogP contribution in [0.5, 0.6) is 0 Å². The Labute approximate surface area is 98.8 Å². The number of hydrogen-bond donors (Lipinski definition) is 2. The van der Waals surface area contributed by atoms with E-state index in [1.165, 1.54) is 5.56 Å². The van der Waals surface area contributed by atoms with Crippen molar-refractivity contribution < 1.29 is 5.11 Å². The van der Waals surface area contributed by atoms with Gasteiger partial charge in [0.15, 0.2) is 0 Å². The van der Waals surface area contributed by atoms with Crippen molar-refractivity contribution in [3.05, 3.63) is 52.5 Å². The largest absolute Gasteiger partial charge is 0.381 e. The fraction of sp³-hybridized carbons (Fsp3) is 0.250. The van der Waals surface area contributed by atoms with Crippen molar-refractivity contribution in [1.82, 2.24) is 10.3 Å². The summed E-state index contributed by atoms with van der Waals surface area (Å²) in [6, 6.07) is 10.3. The van der Waals surface area contributed by atoms with Crippen LogP contribution in [0, 0.1) is 0 Å². The zero-order valence-corrected chi connectivity index (χ0v) is 9.65. The maximum Gasteiger partial charge on any atom is 0.110 e. The van der Waals surface area contributed by atoms with Crippen molar-refractivity contribution in [1.29, 1.82) is 0 Å².